The summed E-state index contributed by atoms with van der Waals surface area (Å²) in [5.74, 6) is 0. The normalized spacial score (nSPS) is 10.6. The van der Waals surface area contributed by atoms with Gasteiger partial charge in [-0.25, -0.2) is 0 Å². The van der Waals surface area contributed by atoms with Crippen LogP contribution in [0.1, 0.15) is 17.2 Å². The maximum atomic E-state index is 6.10. The molecule has 0 saturated heterocycles. The molecule has 0 saturated carbocycles. The molecule has 0 aliphatic carbocycles. The lowest BCUT2D eigenvalue weighted by molar-refractivity contribution is 0.434. The van der Waals surface area contributed by atoms with Gasteiger partial charge in [-0.1, -0.05) is 83.9 Å². The van der Waals surface area contributed by atoms with Crippen molar-refractivity contribution >= 4 is 46.2 Å². The highest BCUT2D eigenvalue weighted by Gasteiger charge is 2.21. The molecule has 0 aliphatic rings. The van der Waals surface area contributed by atoms with Crippen molar-refractivity contribution in [2.45, 2.75) is 6.04 Å². The van der Waals surface area contributed by atoms with E-state index in [1.165, 1.54) is 11.1 Å². The summed E-state index contributed by atoms with van der Waals surface area (Å²) < 4.78 is 0. The lowest BCUT2D eigenvalue weighted by Gasteiger charge is -2.31. The summed E-state index contributed by atoms with van der Waals surface area (Å²) in [6.45, 7) is 0. The SMILES string of the molecule is CN(C(=S)Nc1ccc(Cl)c(Cl)c1)C(c1ccccc1)c1ccccc1. The molecular formula is C21H18Cl2N2S. The van der Waals surface area contributed by atoms with E-state index in [-0.39, 0.29) is 6.04 Å². The Labute approximate surface area is 169 Å². The van der Waals surface area contributed by atoms with Gasteiger partial charge >= 0.3 is 0 Å². The summed E-state index contributed by atoms with van der Waals surface area (Å²) in [6.07, 6.45) is 0. The van der Waals surface area contributed by atoms with Crippen molar-refractivity contribution in [3.05, 3.63) is 100 Å². The summed E-state index contributed by atoms with van der Waals surface area (Å²) in [6, 6.07) is 26.0. The predicted octanol–water partition coefficient (Wildman–Crippen LogP) is 6.41. The molecule has 1 N–H and O–H groups in total. The quantitative estimate of drug-likeness (QED) is 0.509. The third kappa shape index (κ3) is 4.36. The van der Waals surface area contributed by atoms with Gasteiger partial charge in [-0.2, -0.15) is 0 Å². The van der Waals surface area contributed by atoms with Crippen molar-refractivity contribution in [3.63, 3.8) is 0 Å². The molecule has 0 aromatic heterocycles. The predicted molar refractivity (Wildman–Crippen MR) is 115 cm³/mol. The molecule has 0 radical (unpaired) electrons. The number of benzene rings is 3. The van der Waals surface area contributed by atoms with E-state index in [0.29, 0.717) is 15.2 Å². The number of halogens is 2. The molecular weight excluding hydrogens is 383 g/mol. The Bertz CT molecular complexity index is 846. The van der Waals surface area contributed by atoms with Gasteiger partial charge in [0.25, 0.3) is 0 Å². The van der Waals surface area contributed by atoms with Gasteiger partial charge in [-0.3, -0.25) is 0 Å². The maximum absolute atomic E-state index is 6.10. The second-order valence-corrected chi connectivity index (χ2v) is 7.09. The zero-order valence-corrected chi connectivity index (χ0v) is 16.5. The Hall–Kier alpha value is -2.07. The Kier molecular flexibility index (Phi) is 6.15. The van der Waals surface area contributed by atoms with Crippen LogP contribution in [0.15, 0.2) is 78.9 Å². The first-order valence-electron chi connectivity index (χ1n) is 8.15. The molecule has 0 amide bonds. The standard InChI is InChI=1S/C21H18Cl2N2S/c1-25(21(26)24-17-12-13-18(22)19(23)14-17)20(15-8-4-2-5-9-15)16-10-6-3-7-11-16/h2-14,20H,1H3,(H,24,26). The molecule has 0 aliphatic heterocycles. The molecule has 26 heavy (non-hydrogen) atoms. The Morgan fingerprint density at radius 3 is 1.88 bits per heavy atom. The molecule has 0 unspecified atom stereocenters. The van der Waals surface area contributed by atoms with Crippen LogP contribution in [-0.4, -0.2) is 17.1 Å². The van der Waals surface area contributed by atoms with Crippen molar-refractivity contribution < 1.29 is 0 Å². The molecule has 0 atom stereocenters. The number of rotatable bonds is 4. The number of thiocarbonyl (C=S) groups is 1. The molecule has 0 heterocycles. The number of nitrogens with one attached hydrogen (secondary N) is 1. The highest BCUT2D eigenvalue weighted by molar-refractivity contribution is 7.80. The van der Waals surface area contributed by atoms with Gasteiger partial charge in [0.05, 0.1) is 16.1 Å². The summed E-state index contributed by atoms with van der Waals surface area (Å²) in [5.41, 5.74) is 3.13. The minimum absolute atomic E-state index is 0.000159. The molecule has 3 aromatic rings. The summed E-state index contributed by atoms with van der Waals surface area (Å²) in [4.78, 5) is 2.04. The van der Waals surface area contributed by atoms with E-state index in [1.807, 2.05) is 54.4 Å². The fraction of sp³-hybridized carbons (Fsp3) is 0.0952. The number of hydrogen-bond acceptors (Lipinski definition) is 1. The second-order valence-electron chi connectivity index (χ2n) is 5.89. The first kappa shape index (κ1) is 18.7. The van der Waals surface area contributed by atoms with E-state index >= 15 is 0 Å². The summed E-state index contributed by atoms with van der Waals surface area (Å²) >= 11 is 17.7. The van der Waals surface area contributed by atoms with Crippen molar-refractivity contribution in [1.82, 2.24) is 4.90 Å². The van der Waals surface area contributed by atoms with Crippen LogP contribution >= 0.6 is 35.4 Å². The number of nitrogens with zero attached hydrogens (tertiary/aromatic N) is 1. The minimum Gasteiger partial charge on any atom is -0.341 e. The highest BCUT2D eigenvalue weighted by atomic mass is 35.5. The Morgan fingerprint density at radius 1 is 0.846 bits per heavy atom. The van der Waals surface area contributed by atoms with Crippen LogP contribution in [0.2, 0.25) is 10.0 Å². The van der Waals surface area contributed by atoms with Gasteiger partial charge in [-0.15, -0.1) is 0 Å². The number of anilines is 1. The lowest BCUT2D eigenvalue weighted by Crippen LogP contribution is -2.35. The second kappa shape index (κ2) is 8.54. The summed E-state index contributed by atoms with van der Waals surface area (Å²) in [5, 5.41) is 4.85. The zero-order valence-electron chi connectivity index (χ0n) is 14.2. The minimum atomic E-state index is 0.000159. The van der Waals surface area contributed by atoms with Gasteiger partial charge in [0, 0.05) is 12.7 Å². The number of hydrogen-bond donors (Lipinski definition) is 1. The molecule has 0 spiro atoms. The van der Waals surface area contributed by atoms with Crippen LogP contribution in [0, 0.1) is 0 Å². The average Bonchev–Trinajstić information content (AvgIpc) is 2.66. The molecule has 0 fully saturated rings. The first-order chi connectivity index (χ1) is 12.6. The van der Waals surface area contributed by atoms with E-state index in [9.17, 15) is 0 Å². The van der Waals surface area contributed by atoms with E-state index in [4.69, 9.17) is 35.4 Å². The van der Waals surface area contributed by atoms with Crippen molar-refractivity contribution in [2.24, 2.45) is 0 Å². The zero-order chi connectivity index (χ0) is 18.5. The van der Waals surface area contributed by atoms with Gasteiger partial charge in [0.2, 0.25) is 0 Å². The smallest absolute Gasteiger partial charge is 0.173 e. The van der Waals surface area contributed by atoms with Gasteiger partial charge in [0.15, 0.2) is 5.11 Å². The topological polar surface area (TPSA) is 15.3 Å². The van der Waals surface area contributed by atoms with Crippen LogP contribution in [-0.2, 0) is 0 Å². The highest BCUT2D eigenvalue weighted by Crippen LogP contribution is 2.29. The van der Waals surface area contributed by atoms with Gasteiger partial charge in [-0.05, 0) is 41.5 Å². The Balaban J connectivity index is 1.88. The summed E-state index contributed by atoms with van der Waals surface area (Å²) in [7, 11) is 1.98. The molecule has 5 heteroatoms. The molecule has 2 nitrogen and oxygen atoms in total. The molecule has 3 aromatic carbocycles. The van der Waals surface area contributed by atoms with Crippen molar-refractivity contribution in [3.8, 4) is 0 Å². The first-order valence-corrected chi connectivity index (χ1v) is 9.31. The monoisotopic (exact) mass is 400 g/mol. The van der Waals surface area contributed by atoms with E-state index in [2.05, 4.69) is 29.6 Å². The largest absolute Gasteiger partial charge is 0.341 e. The fourth-order valence-corrected chi connectivity index (χ4v) is 3.33. The van der Waals surface area contributed by atoms with Crippen molar-refractivity contribution in [2.75, 3.05) is 12.4 Å². The third-order valence-electron chi connectivity index (χ3n) is 4.11. The fourth-order valence-electron chi connectivity index (χ4n) is 2.81. The third-order valence-corrected chi connectivity index (χ3v) is 5.24. The van der Waals surface area contributed by atoms with E-state index < -0.39 is 0 Å². The van der Waals surface area contributed by atoms with E-state index in [1.54, 1.807) is 12.1 Å². The average molecular weight is 401 g/mol. The molecule has 3 rings (SSSR count). The molecule has 132 valence electrons. The lowest BCUT2D eigenvalue weighted by atomic mass is 9.98. The van der Waals surface area contributed by atoms with Gasteiger partial charge < -0.3 is 10.2 Å². The van der Waals surface area contributed by atoms with Gasteiger partial charge in [0.1, 0.15) is 0 Å². The van der Waals surface area contributed by atoms with E-state index in [0.717, 1.165) is 5.69 Å². The van der Waals surface area contributed by atoms with Crippen LogP contribution in [0.3, 0.4) is 0 Å². The van der Waals surface area contributed by atoms with Crippen LogP contribution in [0.4, 0.5) is 5.69 Å². The van der Waals surface area contributed by atoms with Crippen LogP contribution in [0.25, 0.3) is 0 Å². The molecule has 0 bridgehead atoms. The Morgan fingerprint density at radius 2 is 1.38 bits per heavy atom. The van der Waals surface area contributed by atoms with Crippen LogP contribution in [0.5, 0.6) is 0 Å². The van der Waals surface area contributed by atoms with Crippen LogP contribution < -0.4 is 5.32 Å². The van der Waals surface area contributed by atoms with Crippen molar-refractivity contribution in [1.29, 1.82) is 0 Å². The maximum Gasteiger partial charge on any atom is 0.173 e.